The van der Waals surface area contributed by atoms with E-state index in [1.165, 1.54) is 31.7 Å². The lowest BCUT2D eigenvalue weighted by Gasteiger charge is -2.16. The van der Waals surface area contributed by atoms with Crippen LogP contribution in [-0.2, 0) is 6.54 Å². The number of hydrogen-bond acceptors (Lipinski definition) is 4. The smallest absolute Gasteiger partial charge is 0.140 e. The molecule has 1 aromatic rings. The van der Waals surface area contributed by atoms with Crippen LogP contribution in [0.4, 0.5) is 0 Å². The summed E-state index contributed by atoms with van der Waals surface area (Å²) in [5.41, 5.74) is 1.72. The monoisotopic (exact) mass is 228 g/mol. The summed E-state index contributed by atoms with van der Waals surface area (Å²) in [5, 5.41) is 12.3. The summed E-state index contributed by atoms with van der Waals surface area (Å²) in [6.07, 6.45) is 1.73. The molecule has 2 aliphatic rings. The number of pyridine rings is 1. The van der Waals surface area contributed by atoms with E-state index in [1.807, 2.05) is 12.1 Å². The van der Waals surface area contributed by atoms with Gasteiger partial charge in [0.05, 0.1) is 0 Å². The Bertz CT molecular complexity index is 439. The van der Waals surface area contributed by atoms with Crippen molar-refractivity contribution >= 4 is 0 Å². The number of nitrogens with one attached hydrogen (secondary N) is 1. The van der Waals surface area contributed by atoms with Crippen LogP contribution in [0.25, 0.3) is 0 Å². The molecule has 2 saturated heterocycles. The fraction of sp³-hybridized carbons (Fsp3) is 0.538. The van der Waals surface area contributed by atoms with Crippen LogP contribution in [0.5, 0.6) is 0 Å². The first-order valence-electron chi connectivity index (χ1n) is 6.13. The van der Waals surface area contributed by atoms with Crippen LogP contribution in [0.3, 0.4) is 0 Å². The molecule has 3 rings (SSSR count). The molecule has 17 heavy (non-hydrogen) atoms. The topological polar surface area (TPSA) is 52.0 Å². The minimum absolute atomic E-state index is 0.517. The second-order valence-electron chi connectivity index (χ2n) is 5.03. The molecular formula is C13H16N4. The minimum Gasteiger partial charge on any atom is -0.316 e. The van der Waals surface area contributed by atoms with Crippen molar-refractivity contribution < 1.29 is 0 Å². The van der Waals surface area contributed by atoms with Crippen molar-refractivity contribution in [2.24, 2.45) is 11.8 Å². The van der Waals surface area contributed by atoms with Crippen molar-refractivity contribution in [3.8, 4) is 6.07 Å². The van der Waals surface area contributed by atoms with Crippen molar-refractivity contribution in [1.29, 1.82) is 5.26 Å². The highest BCUT2D eigenvalue weighted by molar-refractivity contribution is 5.25. The van der Waals surface area contributed by atoms with E-state index in [9.17, 15) is 0 Å². The van der Waals surface area contributed by atoms with Crippen molar-refractivity contribution in [2.75, 3.05) is 26.2 Å². The first-order valence-corrected chi connectivity index (χ1v) is 6.13. The van der Waals surface area contributed by atoms with Crippen molar-refractivity contribution in [3.05, 3.63) is 29.6 Å². The van der Waals surface area contributed by atoms with E-state index >= 15 is 0 Å². The van der Waals surface area contributed by atoms with E-state index in [4.69, 9.17) is 5.26 Å². The van der Waals surface area contributed by atoms with Gasteiger partial charge in [-0.3, -0.25) is 4.90 Å². The van der Waals surface area contributed by atoms with Crippen LogP contribution in [0.2, 0.25) is 0 Å². The van der Waals surface area contributed by atoms with Crippen LogP contribution in [-0.4, -0.2) is 36.1 Å². The summed E-state index contributed by atoms with van der Waals surface area (Å²) in [6, 6.07) is 5.99. The molecule has 4 nitrogen and oxygen atoms in total. The van der Waals surface area contributed by atoms with Gasteiger partial charge in [0.15, 0.2) is 0 Å². The molecule has 1 aromatic heterocycles. The molecular weight excluding hydrogens is 212 g/mol. The Labute approximate surface area is 101 Å². The molecule has 0 amide bonds. The molecule has 0 bridgehead atoms. The normalized spacial score (nSPS) is 27.9. The van der Waals surface area contributed by atoms with Gasteiger partial charge in [0.1, 0.15) is 11.8 Å². The third-order valence-corrected chi connectivity index (χ3v) is 3.81. The molecule has 0 unspecified atom stereocenters. The maximum Gasteiger partial charge on any atom is 0.140 e. The van der Waals surface area contributed by atoms with Gasteiger partial charge in [-0.05, 0) is 42.6 Å². The largest absolute Gasteiger partial charge is 0.316 e. The zero-order valence-corrected chi connectivity index (χ0v) is 9.76. The fourth-order valence-electron chi connectivity index (χ4n) is 2.97. The van der Waals surface area contributed by atoms with Crippen LogP contribution >= 0.6 is 0 Å². The highest BCUT2D eigenvalue weighted by Crippen LogP contribution is 2.27. The number of rotatable bonds is 2. The van der Waals surface area contributed by atoms with E-state index in [2.05, 4.69) is 21.3 Å². The number of nitriles is 1. The van der Waals surface area contributed by atoms with Crippen LogP contribution < -0.4 is 5.32 Å². The molecule has 3 heterocycles. The van der Waals surface area contributed by atoms with Crippen LogP contribution in [0.15, 0.2) is 18.3 Å². The third kappa shape index (κ3) is 2.17. The molecule has 0 radical (unpaired) electrons. The first kappa shape index (κ1) is 10.7. The van der Waals surface area contributed by atoms with Crippen molar-refractivity contribution in [1.82, 2.24) is 15.2 Å². The average Bonchev–Trinajstić information content (AvgIpc) is 2.90. The molecule has 2 fully saturated rings. The van der Waals surface area contributed by atoms with Gasteiger partial charge >= 0.3 is 0 Å². The fourth-order valence-corrected chi connectivity index (χ4v) is 2.97. The lowest BCUT2D eigenvalue weighted by atomic mass is 10.0. The molecule has 2 aliphatic heterocycles. The first-order chi connectivity index (χ1) is 8.35. The SMILES string of the molecule is N#Cc1cc(CN2C[C@H]3CNC[C@H]3C2)ccn1. The number of fused-ring (bicyclic) bond motifs is 1. The predicted octanol–water partition coefficient (Wildman–Crippen LogP) is 0.604. The average molecular weight is 228 g/mol. The maximum absolute atomic E-state index is 8.82. The Morgan fingerprint density at radius 2 is 2.18 bits per heavy atom. The summed E-state index contributed by atoms with van der Waals surface area (Å²) in [6.45, 7) is 5.65. The predicted molar refractivity (Wildman–Crippen MR) is 64.1 cm³/mol. The van der Waals surface area contributed by atoms with Crippen LogP contribution in [0, 0.1) is 23.2 Å². The molecule has 1 N–H and O–H groups in total. The molecule has 0 aromatic carbocycles. The molecule has 88 valence electrons. The zero-order chi connectivity index (χ0) is 11.7. The van der Waals surface area contributed by atoms with Gasteiger partial charge in [-0.1, -0.05) is 0 Å². The van der Waals surface area contributed by atoms with E-state index in [0.717, 1.165) is 18.4 Å². The van der Waals surface area contributed by atoms with Gasteiger partial charge in [0.25, 0.3) is 0 Å². The van der Waals surface area contributed by atoms with Gasteiger partial charge in [-0.2, -0.15) is 5.26 Å². The Morgan fingerprint density at radius 3 is 2.88 bits per heavy atom. The number of aromatic nitrogens is 1. The van der Waals surface area contributed by atoms with Gasteiger partial charge in [0.2, 0.25) is 0 Å². The lowest BCUT2D eigenvalue weighted by molar-refractivity contribution is 0.305. The Hall–Kier alpha value is -1.44. The quantitative estimate of drug-likeness (QED) is 0.805. The molecule has 0 aliphatic carbocycles. The highest BCUT2D eigenvalue weighted by atomic mass is 15.2. The van der Waals surface area contributed by atoms with Crippen LogP contribution in [0.1, 0.15) is 11.3 Å². The molecule has 2 atom stereocenters. The van der Waals surface area contributed by atoms with Crippen molar-refractivity contribution in [3.63, 3.8) is 0 Å². The van der Waals surface area contributed by atoms with E-state index < -0.39 is 0 Å². The Balaban J connectivity index is 1.66. The van der Waals surface area contributed by atoms with Gasteiger partial charge in [-0.25, -0.2) is 4.98 Å². The van der Waals surface area contributed by atoms with Gasteiger partial charge in [-0.15, -0.1) is 0 Å². The standard InChI is InChI=1S/C13H16N4/c14-4-13-3-10(1-2-16-13)7-17-8-11-5-15-6-12(11)9-17/h1-3,11-12,15H,5-9H2/t11-,12+. The Kier molecular flexibility index (Phi) is 2.79. The summed E-state index contributed by atoms with van der Waals surface area (Å²) in [4.78, 5) is 6.49. The molecule has 4 heteroatoms. The second kappa shape index (κ2) is 4.44. The van der Waals surface area contributed by atoms with Gasteiger partial charge in [0, 0.05) is 25.8 Å². The zero-order valence-electron chi connectivity index (χ0n) is 9.76. The summed E-state index contributed by atoms with van der Waals surface area (Å²) in [7, 11) is 0. The molecule has 0 saturated carbocycles. The summed E-state index contributed by atoms with van der Waals surface area (Å²) in [5.74, 6) is 1.65. The highest BCUT2D eigenvalue weighted by Gasteiger charge is 2.35. The van der Waals surface area contributed by atoms with Crippen molar-refractivity contribution in [2.45, 2.75) is 6.54 Å². The van der Waals surface area contributed by atoms with E-state index in [0.29, 0.717) is 5.69 Å². The third-order valence-electron chi connectivity index (χ3n) is 3.81. The maximum atomic E-state index is 8.82. The number of likely N-dealkylation sites (tertiary alicyclic amines) is 1. The summed E-state index contributed by atoms with van der Waals surface area (Å²) < 4.78 is 0. The minimum atomic E-state index is 0.517. The lowest BCUT2D eigenvalue weighted by Crippen LogP contribution is -2.25. The number of hydrogen-bond donors (Lipinski definition) is 1. The number of nitrogens with zero attached hydrogens (tertiary/aromatic N) is 3. The summed E-state index contributed by atoms with van der Waals surface area (Å²) >= 11 is 0. The molecule has 0 spiro atoms. The van der Waals surface area contributed by atoms with E-state index in [-0.39, 0.29) is 0 Å². The van der Waals surface area contributed by atoms with E-state index in [1.54, 1.807) is 6.20 Å². The second-order valence-corrected chi connectivity index (χ2v) is 5.03. The van der Waals surface area contributed by atoms with Gasteiger partial charge < -0.3 is 5.32 Å². The Morgan fingerprint density at radius 1 is 1.41 bits per heavy atom.